The van der Waals surface area contributed by atoms with Crippen LogP contribution in [0.2, 0.25) is 0 Å². The topological polar surface area (TPSA) is 155 Å². The molecule has 4 rings (SSSR count). The highest BCUT2D eigenvalue weighted by atomic mass is 16.6. The maximum atomic E-state index is 11.6. The van der Waals surface area contributed by atoms with Gasteiger partial charge in [-0.1, -0.05) is 0 Å². The first-order valence-corrected chi connectivity index (χ1v) is 11.8. The fraction of sp³-hybridized carbons (Fsp3) is 0.500. The van der Waals surface area contributed by atoms with E-state index in [2.05, 4.69) is 25.7 Å². The van der Waals surface area contributed by atoms with Crippen LogP contribution in [0.15, 0.2) is 30.3 Å². The zero-order chi connectivity index (χ0) is 25.9. The van der Waals surface area contributed by atoms with E-state index in [0.29, 0.717) is 55.1 Å². The monoisotopic (exact) mass is 498 g/mol. The second-order valence-electron chi connectivity index (χ2n) is 9.23. The number of aromatic nitrogens is 6. The Morgan fingerprint density at radius 3 is 2.67 bits per heavy atom. The standard InChI is InChI=1S/C24H30N6O6/c1-5-34-20(32)8-6-7-13-30-22(27-28-29-30)15-9-10-17-16(14-15)21(24(4,33)23(2,3)36-17)35-19-12-11-18(31)25-26-19/h9-12,14,21,33H,5-8,13H2,1-4H3,(H,25,31)/t21-,24+/m1/s1. The lowest BCUT2D eigenvalue weighted by Crippen LogP contribution is -2.59. The Bertz CT molecular complexity index is 1210. The van der Waals surface area contributed by atoms with Crippen molar-refractivity contribution in [2.24, 2.45) is 0 Å². The van der Waals surface area contributed by atoms with E-state index in [4.69, 9.17) is 14.2 Å². The van der Waals surface area contributed by atoms with Crippen molar-refractivity contribution < 1.29 is 29.2 Å². The summed E-state index contributed by atoms with van der Waals surface area (Å²) >= 11 is 0. The number of ether oxygens (including phenoxy) is 3. The van der Waals surface area contributed by atoms with E-state index in [1.165, 1.54) is 12.1 Å². The summed E-state index contributed by atoms with van der Waals surface area (Å²) in [4.78, 5) is 11.6. The second-order valence-corrected chi connectivity index (χ2v) is 9.23. The number of benzene rings is 1. The fourth-order valence-corrected chi connectivity index (χ4v) is 3.98. The van der Waals surface area contributed by atoms with Crippen LogP contribution in [0.4, 0.5) is 0 Å². The molecule has 3 aromatic rings. The molecule has 36 heavy (non-hydrogen) atoms. The van der Waals surface area contributed by atoms with E-state index in [1.807, 2.05) is 12.1 Å². The van der Waals surface area contributed by atoms with Crippen LogP contribution in [0.1, 0.15) is 58.6 Å². The number of hydrogen-bond donors (Lipinski definition) is 2. The molecule has 0 spiro atoms. The number of fused-ring (bicyclic) bond motifs is 1. The Hall–Kier alpha value is -3.80. The van der Waals surface area contributed by atoms with Gasteiger partial charge in [0.15, 0.2) is 11.9 Å². The largest absolute Gasteiger partial charge is 0.492 e. The summed E-state index contributed by atoms with van der Waals surface area (Å²) in [6, 6.07) is 8.28. The maximum absolute atomic E-state index is 11.6. The van der Waals surface area contributed by atoms with Crippen molar-refractivity contribution in [3.63, 3.8) is 0 Å². The van der Waals surface area contributed by atoms with Crippen LogP contribution in [-0.2, 0) is 16.1 Å². The zero-order valence-corrected chi connectivity index (χ0v) is 20.7. The first-order chi connectivity index (χ1) is 17.1. The predicted molar refractivity (Wildman–Crippen MR) is 126 cm³/mol. The van der Waals surface area contributed by atoms with Crippen LogP contribution < -0.4 is 9.47 Å². The Kier molecular flexibility index (Phi) is 7.07. The van der Waals surface area contributed by atoms with E-state index in [9.17, 15) is 15.0 Å². The average Bonchev–Trinajstić information content (AvgIpc) is 3.29. The van der Waals surface area contributed by atoms with Gasteiger partial charge in [-0.15, -0.1) is 15.3 Å². The summed E-state index contributed by atoms with van der Waals surface area (Å²) in [6.45, 7) is 7.85. The molecular weight excluding hydrogens is 468 g/mol. The number of esters is 1. The van der Waals surface area contributed by atoms with Gasteiger partial charge in [0.05, 0.1) is 6.61 Å². The van der Waals surface area contributed by atoms with Crippen molar-refractivity contribution in [2.75, 3.05) is 6.61 Å². The molecule has 0 amide bonds. The molecule has 0 unspecified atom stereocenters. The van der Waals surface area contributed by atoms with Gasteiger partial charge >= 0.3 is 5.97 Å². The number of tetrazole rings is 1. The number of aryl methyl sites for hydroxylation is 1. The fourth-order valence-electron chi connectivity index (χ4n) is 3.98. The minimum Gasteiger partial charge on any atom is -0.492 e. The number of carbonyl (C=O) groups is 1. The third kappa shape index (κ3) is 5.08. The lowest BCUT2D eigenvalue weighted by Gasteiger charge is -2.48. The molecule has 0 saturated carbocycles. The van der Waals surface area contributed by atoms with E-state index in [0.717, 1.165) is 0 Å². The van der Waals surface area contributed by atoms with Crippen LogP contribution in [0, 0.1) is 0 Å². The van der Waals surface area contributed by atoms with Crippen LogP contribution in [0.5, 0.6) is 17.5 Å². The van der Waals surface area contributed by atoms with Gasteiger partial charge in [0.2, 0.25) is 11.8 Å². The number of carbonyl (C=O) groups excluding carboxylic acids is 1. The van der Waals surface area contributed by atoms with Crippen molar-refractivity contribution in [1.29, 1.82) is 0 Å². The van der Waals surface area contributed by atoms with Crippen LogP contribution in [0.3, 0.4) is 0 Å². The van der Waals surface area contributed by atoms with E-state index >= 15 is 0 Å². The molecule has 0 saturated heterocycles. The van der Waals surface area contributed by atoms with Crippen molar-refractivity contribution in [3.05, 3.63) is 35.9 Å². The van der Waals surface area contributed by atoms with Crippen molar-refractivity contribution in [3.8, 4) is 28.9 Å². The number of aliphatic hydroxyl groups is 1. The molecular formula is C24H30N6O6. The molecule has 1 aliphatic heterocycles. The summed E-state index contributed by atoms with van der Waals surface area (Å²) in [5.41, 5.74) is -1.16. The van der Waals surface area contributed by atoms with Gasteiger partial charge < -0.3 is 24.4 Å². The molecule has 192 valence electrons. The molecule has 1 aromatic carbocycles. The number of unbranched alkanes of at least 4 members (excludes halogenated alkanes) is 1. The van der Waals surface area contributed by atoms with Gasteiger partial charge in [-0.25, -0.2) is 4.68 Å². The minimum absolute atomic E-state index is 0.138. The van der Waals surface area contributed by atoms with Crippen molar-refractivity contribution in [1.82, 2.24) is 30.4 Å². The Labute approximate surface area is 208 Å². The molecule has 0 radical (unpaired) electrons. The van der Waals surface area contributed by atoms with Crippen molar-refractivity contribution >= 4 is 5.97 Å². The van der Waals surface area contributed by atoms with Crippen LogP contribution in [-0.4, -0.2) is 64.4 Å². The van der Waals surface area contributed by atoms with Gasteiger partial charge in [0.25, 0.3) is 0 Å². The summed E-state index contributed by atoms with van der Waals surface area (Å²) in [7, 11) is 0. The zero-order valence-electron chi connectivity index (χ0n) is 20.7. The maximum Gasteiger partial charge on any atom is 0.305 e. The van der Waals surface area contributed by atoms with E-state index in [1.54, 1.807) is 38.4 Å². The Morgan fingerprint density at radius 1 is 1.14 bits per heavy atom. The second kappa shape index (κ2) is 10.1. The van der Waals surface area contributed by atoms with Crippen LogP contribution in [0.25, 0.3) is 11.4 Å². The van der Waals surface area contributed by atoms with Crippen molar-refractivity contribution in [2.45, 2.75) is 70.8 Å². The van der Waals surface area contributed by atoms with Crippen LogP contribution >= 0.6 is 0 Å². The molecule has 12 nitrogen and oxygen atoms in total. The summed E-state index contributed by atoms with van der Waals surface area (Å²) in [5, 5.41) is 40.5. The summed E-state index contributed by atoms with van der Waals surface area (Å²) in [5.74, 6) is 0.752. The number of hydrogen-bond acceptors (Lipinski definition) is 11. The minimum atomic E-state index is -1.46. The van der Waals surface area contributed by atoms with Gasteiger partial charge in [-0.05, 0) is 69.2 Å². The lowest BCUT2D eigenvalue weighted by molar-refractivity contribution is -0.175. The molecule has 2 atom stereocenters. The highest BCUT2D eigenvalue weighted by Crippen LogP contribution is 2.48. The molecule has 1 aliphatic rings. The molecule has 2 N–H and O–H groups in total. The third-order valence-corrected chi connectivity index (χ3v) is 6.35. The molecule has 3 heterocycles. The van der Waals surface area contributed by atoms with Gasteiger partial charge in [-0.3, -0.25) is 4.79 Å². The summed E-state index contributed by atoms with van der Waals surface area (Å²) < 4.78 is 18.9. The highest BCUT2D eigenvalue weighted by Gasteiger charge is 2.54. The number of aromatic hydroxyl groups is 1. The van der Waals surface area contributed by atoms with E-state index in [-0.39, 0.29) is 17.7 Å². The lowest BCUT2D eigenvalue weighted by atomic mass is 9.76. The molecule has 0 aliphatic carbocycles. The Morgan fingerprint density at radius 2 is 1.94 bits per heavy atom. The highest BCUT2D eigenvalue weighted by molar-refractivity contribution is 5.69. The molecule has 0 bridgehead atoms. The smallest absolute Gasteiger partial charge is 0.305 e. The molecule has 2 aromatic heterocycles. The first-order valence-electron chi connectivity index (χ1n) is 11.8. The SMILES string of the molecule is CCOC(=O)CCCCn1nnnc1-c1ccc2c(c1)[C@@H](Oc1ccc(O)nn1)[C@](C)(O)C(C)(C)O2. The van der Waals surface area contributed by atoms with Gasteiger partial charge in [-0.2, -0.15) is 0 Å². The predicted octanol–water partition coefficient (Wildman–Crippen LogP) is 2.61. The third-order valence-electron chi connectivity index (χ3n) is 6.35. The quantitative estimate of drug-likeness (QED) is 0.330. The molecule has 12 heteroatoms. The molecule has 0 fully saturated rings. The summed E-state index contributed by atoms with van der Waals surface area (Å²) in [6.07, 6.45) is 0.811. The van der Waals surface area contributed by atoms with Gasteiger partial charge in [0.1, 0.15) is 17.0 Å². The number of rotatable bonds is 9. The average molecular weight is 499 g/mol. The normalized spacial score (nSPS) is 20.3. The van der Waals surface area contributed by atoms with E-state index < -0.39 is 17.3 Å². The Balaban J connectivity index is 1.61. The van der Waals surface area contributed by atoms with Gasteiger partial charge in [0, 0.05) is 36.2 Å². The number of nitrogens with zero attached hydrogens (tertiary/aromatic N) is 6. The first kappa shape index (κ1) is 25.3.